The number of carbonyl (C=O) groups excluding carboxylic acids is 1. The van der Waals surface area contributed by atoms with Gasteiger partial charge in [-0.2, -0.15) is 0 Å². The number of aliphatic hydroxyl groups is 1. The Kier molecular flexibility index (Phi) is 9.06. The molecule has 0 bridgehead atoms. The van der Waals surface area contributed by atoms with Gasteiger partial charge in [-0.1, -0.05) is 19.6 Å². The van der Waals surface area contributed by atoms with E-state index < -0.39 is 13.7 Å². The second-order valence-electron chi connectivity index (χ2n) is 9.46. The highest BCUT2D eigenvalue weighted by Crippen LogP contribution is 2.32. The number of piperidine rings is 1. The molecule has 0 unspecified atom stereocenters. The number of hydrogen-bond acceptors (Lipinski definition) is 5. The molecule has 1 amide bonds. The fourth-order valence-corrected chi connectivity index (χ4v) is 3.65. The van der Waals surface area contributed by atoms with E-state index in [-0.39, 0.29) is 25.1 Å². The van der Waals surface area contributed by atoms with Crippen molar-refractivity contribution in [2.75, 3.05) is 33.1 Å². The minimum Gasteiger partial charge on any atom is -0.444 e. The fraction of sp³-hybridized carbons (Fsp3) is 0.947. The number of hydrogen-bond donors (Lipinski definition) is 1. The maximum absolute atomic E-state index is 12.2. The second kappa shape index (κ2) is 10.1. The molecule has 0 saturated carbocycles. The summed E-state index contributed by atoms with van der Waals surface area (Å²) >= 11 is 0. The number of carbonyl (C=O) groups is 1. The Bertz CT molecular complexity index is 423. The Morgan fingerprint density at radius 2 is 1.81 bits per heavy atom. The summed E-state index contributed by atoms with van der Waals surface area (Å²) in [7, 11) is -1.10. The molecular weight excluding hydrogens is 350 g/mol. The molecule has 1 heterocycles. The van der Waals surface area contributed by atoms with Gasteiger partial charge in [0.15, 0.2) is 0 Å². The molecule has 1 rings (SSSR count). The smallest absolute Gasteiger partial charge is 0.410 e. The van der Waals surface area contributed by atoms with Crippen LogP contribution in [0.25, 0.3) is 0 Å². The molecular formula is C19H39NO5Si. The molecule has 6 nitrogen and oxygen atoms in total. The zero-order valence-electron chi connectivity index (χ0n) is 17.6. The Morgan fingerprint density at radius 1 is 1.19 bits per heavy atom. The van der Waals surface area contributed by atoms with Crippen molar-refractivity contribution in [1.82, 2.24) is 4.90 Å². The molecule has 1 N–H and O–H groups in total. The summed E-state index contributed by atoms with van der Waals surface area (Å²) in [5.41, 5.74) is -0.802. The van der Waals surface area contributed by atoms with Crippen LogP contribution >= 0.6 is 0 Å². The maximum atomic E-state index is 12.2. The van der Waals surface area contributed by atoms with Gasteiger partial charge in [-0.25, -0.2) is 4.79 Å². The van der Waals surface area contributed by atoms with Crippen LogP contribution in [0.2, 0.25) is 25.7 Å². The van der Waals surface area contributed by atoms with Gasteiger partial charge in [0.25, 0.3) is 0 Å². The van der Waals surface area contributed by atoms with Crippen molar-refractivity contribution in [2.24, 2.45) is 0 Å². The number of aliphatic hydroxyl groups excluding tert-OH is 1. The van der Waals surface area contributed by atoms with E-state index in [0.717, 1.165) is 31.9 Å². The van der Waals surface area contributed by atoms with Gasteiger partial charge < -0.3 is 24.2 Å². The van der Waals surface area contributed by atoms with Crippen molar-refractivity contribution in [1.29, 1.82) is 0 Å². The van der Waals surface area contributed by atoms with Crippen LogP contribution < -0.4 is 0 Å². The lowest BCUT2D eigenvalue weighted by atomic mass is 9.87. The lowest BCUT2D eigenvalue weighted by molar-refractivity contribution is -0.162. The molecule has 0 spiro atoms. The third-order valence-corrected chi connectivity index (χ3v) is 6.27. The van der Waals surface area contributed by atoms with E-state index in [1.165, 1.54) is 0 Å². The molecule has 154 valence electrons. The van der Waals surface area contributed by atoms with Crippen LogP contribution in [0.1, 0.15) is 46.5 Å². The maximum Gasteiger partial charge on any atom is 0.410 e. The first-order valence-electron chi connectivity index (χ1n) is 9.77. The summed E-state index contributed by atoms with van der Waals surface area (Å²) in [6, 6.07) is 1.12. The Hall–Kier alpha value is -0.633. The molecule has 1 saturated heterocycles. The standard InChI is InChI=1S/C19H39NO5Si/c1-18(2,3)25-17(22)20-11-9-19(10-12-20,8-7-13-21)24-16-23-14-15-26(4,5)6/h21H,7-16H2,1-6H3. The summed E-state index contributed by atoms with van der Waals surface area (Å²) in [5, 5.41) is 9.21. The Morgan fingerprint density at radius 3 is 2.31 bits per heavy atom. The van der Waals surface area contributed by atoms with Gasteiger partial charge in [0.1, 0.15) is 12.4 Å². The molecule has 0 aromatic heterocycles. The minimum absolute atomic E-state index is 0.150. The SMILES string of the molecule is CC(C)(C)OC(=O)N1CCC(CCCO)(OCOCC[Si](C)(C)C)CC1. The molecule has 1 aliphatic heterocycles. The van der Waals surface area contributed by atoms with Crippen molar-refractivity contribution in [3.8, 4) is 0 Å². The van der Waals surface area contributed by atoms with Crippen molar-refractivity contribution >= 4 is 14.2 Å². The molecule has 7 heteroatoms. The van der Waals surface area contributed by atoms with Crippen LogP contribution in [-0.2, 0) is 14.2 Å². The Balaban J connectivity index is 2.48. The average molecular weight is 390 g/mol. The second-order valence-corrected chi connectivity index (χ2v) is 15.1. The highest BCUT2D eigenvalue weighted by molar-refractivity contribution is 6.76. The Labute approximate surface area is 160 Å². The van der Waals surface area contributed by atoms with Crippen LogP contribution in [0, 0.1) is 0 Å². The summed E-state index contributed by atoms with van der Waals surface area (Å²) in [6.45, 7) is 15.0. The first kappa shape index (κ1) is 23.4. The molecule has 0 radical (unpaired) electrons. The van der Waals surface area contributed by atoms with E-state index in [9.17, 15) is 9.90 Å². The number of amides is 1. The van der Waals surface area contributed by atoms with Crippen molar-refractivity contribution < 1.29 is 24.1 Å². The van der Waals surface area contributed by atoms with Crippen LogP contribution in [0.3, 0.4) is 0 Å². The van der Waals surface area contributed by atoms with Crippen LogP contribution in [0.4, 0.5) is 4.79 Å². The summed E-state index contributed by atoms with van der Waals surface area (Å²) in [4.78, 5) is 14.0. The van der Waals surface area contributed by atoms with Gasteiger partial charge in [0, 0.05) is 34.4 Å². The highest BCUT2D eigenvalue weighted by Gasteiger charge is 2.37. The van der Waals surface area contributed by atoms with E-state index in [1.807, 2.05) is 20.8 Å². The van der Waals surface area contributed by atoms with Crippen molar-refractivity contribution in [2.45, 2.75) is 83.3 Å². The minimum atomic E-state index is -1.10. The molecule has 1 fully saturated rings. The predicted molar refractivity (Wildman–Crippen MR) is 106 cm³/mol. The van der Waals surface area contributed by atoms with Crippen molar-refractivity contribution in [3.63, 3.8) is 0 Å². The zero-order chi connectivity index (χ0) is 19.8. The lowest BCUT2D eigenvalue weighted by Gasteiger charge is -2.41. The molecule has 0 aromatic rings. The van der Waals surface area contributed by atoms with E-state index in [1.54, 1.807) is 4.90 Å². The zero-order valence-corrected chi connectivity index (χ0v) is 18.6. The number of nitrogens with zero attached hydrogens (tertiary/aromatic N) is 1. The number of rotatable bonds is 9. The van der Waals surface area contributed by atoms with Crippen LogP contribution in [0.5, 0.6) is 0 Å². The summed E-state index contributed by atoms with van der Waals surface area (Å²) in [5.74, 6) is 0. The number of likely N-dealkylation sites (tertiary alicyclic amines) is 1. The van der Waals surface area contributed by atoms with Gasteiger partial charge in [0.05, 0.1) is 5.60 Å². The largest absolute Gasteiger partial charge is 0.444 e. The molecule has 0 aliphatic carbocycles. The first-order chi connectivity index (χ1) is 12.0. The monoisotopic (exact) mass is 389 g/mol. The average Bonchev–Trinajstić information content (AvgIpc) is 2.50. The lowest BCUT2D eigenvalue weighted by Crippen LogP contribution is -2.49. The van der Waals surface area contributed by atoms with Gasteiger partial charge >= 0.3 is 6.09 Å². The predicted octanol–water partition coefficient (Wildman–Crippen LogP) is 3.86. The topological polar surface area (TPSA) is 68.2 Å². The first-order valence-corrected chi connectivity index (χ1v) is 13.5. The number of ether oxygens (including phenoxy) is 3. The molecule has 0 atom stereocenters. The summed E-state index contributed by atoms with van der Waals surface area (Å²) in [6.07, 6.45) is 2.69. The third-order valence-electron chi connectivity index (χ3n) is 4.56. The highest BCUT2D eigenvalue weighted by atomic mass is 28.3. The van der Waals surface area contributed by atoms with Gasteiger partial charge in [-0.05, 0) is 52.5 Å². The molecule has 26 heavy (non-hydrogen) atoms. The van der Waals surface area contributed by atoms with Crippen LogP contribution in [0.15, 0.2) is 0 Å². The van der Waals surface area contributed by atoms with E-state index >= 15 is 0 Å². The van der Waals surface area contributed by atoms with Gasteiger partial charge in [-0.3, -0.25) is 0 Å². The van der Waals surface area contributed by atoms with Gasteiger partial charge in [-0.15, -0.1) is 0 Å². The van der Waals surface area contributed by atoms with E-state index in [2.05, 4.69) is 19.6 Å². The molecule has 0 aromatic carbocycles. The van der Waals surface area contributed by atoms with Crippen molar-refractivity contribution in [3.05, 3.63) is 0 Å². The normalized spacial score (nSPS) is 18.0. The van der Waals surface area contributed by atoms with E-state index in [0.29, 0.717) is 19.5 Å². The summed E-state index contributed by atoms with van der Waals surface area (Å²) < 4.78 is 17.3. The third kappa shape index (κ3) is 9.35. The van der Waals surface area contributed by atoms with Gasteiger partial charge in [0.2, 0.25) is 0 Å². The quantitative estimate of drug-likeness (QED) is 0.368. The molecule has 1 aliphatic rings. The van der Waals surface area contributed by atoms with E-state index in [4.69, 9.17) is 14.2 Å². The fourth-order valence-electron chi connectivity index (χ4n) is 2.89. The van der Waals surface area contributed by atoms with Crippen LogP contribution in [-0.4, -0.2) is 68.5 Å².